The highest BCUT2D eigenvalue weighted by Gasteiger charge is 2.31. The maximum absolute atomic E-state index is 12.2. The number of rotatable bonds is 4. The van der Waals surface area contributed by atoms with Gasteiger partial charge in [0, 0.05) is 11.6 Å². The quantitative estimate of drug-likeness (QED) is 0.792. The summed E-state index contributed by atoms with van der Waals surface area (Å²) in [6.07, 6.45) is 0.624. The number of hydrogen-bond donors (Lipinski definition) is 0. The number of nitrogens with zero attached hydrogens (tertiary/aromatic N) is 1. The van der Waals surface area contributed by atoms with Gasteiger partial charge in [-0.1, -0.05) is 12.1 Å². The molecule has 4 nitrogen and oxygen atoms in total. The lowest BCUT2D eigenvalue weighted by molar-refractivity contribution is 0.0926. The topological polar surface area (TPSA) is 54.5 Å². The summed E-state index contributed by atoms with van der Waals surface area (Å²) in [5.74, 6) is 0.448. The third-order valence-electron chi connectivity index (χ3n) is 4.05. The lowest BCUT2D eigenvalue weighted by atomic mass is 10.0. The second kappa shape index (κ2) is 5.66. The average Bonchev–Trinajstić information content (AvgIpc) is 2.73. The van der Waals surface area contributed by atoms with Crippen molar-refractivity contribution in [3.05, 3.63) is 34.9 Å². The molecule has 1 atom stereocenters. The molecule has 0 amide bonds. The summed E-state index contributed by atoms with van der Waals surface area (Å²) in [7, 11) is -1.08. The molecule has 1 aromatic rings. The molecular formula is C15H21NO3S. The minimum Gasteiger partial charge on any atom is -0.295 e. The second-order valence-electron chi connectivity index (χ2n) is 5.69. The molecule has 1 heterocycles. The summed E-state index contributed by atoms with van der Waals surface area (Å²) in [6.45, 7) is 4.27. The van der Waals surface area contributed by atoms with Crippen LogP contribution in [-0.2, 0) is 9.84 Å². The highest BCUT2D eigenvalue weighted by Crippen LogP contribution is 2.17. The molecule has 0 spiro atoms. The van der Waals surface area contributed by atoms with E-state index in [1.54, 1.807) is 0 Å². The standard InChI is InChI=1S/C15H21NO3S/c1-11-4-5-13(8-12(11)2)15(17)9-16(3)14-6-7-20(18,19)10-14/h4-5,8,14H,6-7,9-10H2,1-3H3. The van der Waals surface area contributed by atoms with Gasteiger partial charge in [-0.15, -0.1) is 0 Å². The highest BCUT2D eigenvalue weighted by molar-refractivity contribution is 7.91. The molecule has 0 N–H and O–H groups in total. The van der Waals surface area contributed by atoms with Crippen LogP contribution in [0.4, 0.5) is 0 Å². The van der Waals surface area contributed by atoms with E-state index in [2.05, 4.69) is 0 Å². The molecule has 2 rings (SSSR count). The summed E-state index contributed by atoms with van der Waals surface area (Å²) >= 11 is 0. The highest BCUT2D eigenvalue weighted by atomic mass is 32.2. The first kappa shape index (κ1) is 15.2. The molecule has 1 aromatic carbocycles. The zero-order valence-electron chi connectivity index (χ0n) is 12.2. The van der Waals surface area contributed by atoms with Crippen molar-refractivity contribution < 1.29 is 13.2 Å². The first-order chi connectivity index (χ1) is 9.28. The number of benzene rings is 1. The minimum absolute atomic E-state index is 0.0319. The van der Waals surface area contributed by atoms with Crippen LogP contribution in [0.3, 0.4) is 0 Å². The Balaban J connectivity index is 2.02. The number of hydrogen-bond acceptors (Lipinski definition) is 4. The monoisotopic (exact) mass is 295 g/mol. The van der Waals surface area contributed by atoms with E-state index in [-0.39, 0.29) is 29.9 Å². The fourth-order valence-electron chi connectivity index (χ4n) is 2.48. The summed E-state index contributed by atoms with van der Waals surface area (Å²) in [5, 5.41) is 0. The molecule has 20 heavy (non-hydrogen) atoms. The maximum Gasteiger partial charge on any atom is 0.176 e. The molecule has 0 aromatic heterocycles. The van der Waals surface area contributed by atoms with Crippen LogP contribution in [-0.4, -0.2) is 50.2 Å². The van der Waals surface area contributed by atoms with Gasteiger partial charge in [-0.25, -0.2) is 8.42 Å². The van der Waals surface area contributed by atoms with Gasteiger partial charge < -0.3 is 0 Å². The smallest absolute Gasteiger partial charge is 0.176 e. The van der Waals surface area contributed by atoms with Crippen LogP contribution in [0.15, 0.2) is 18.2 Å². The molecule has 1 aliphatic rings. The Labute approximate surface area is 120 Å². The van der Waals surface area contributed by atoms with Crippen molar-refractivity contribution in [2.24, 2.45) is 0 Å². The predicted molar refractivity (Wildman–Crippen MR) is 79.9 cm³/mol. The van der Waals surface area contributed by atoms with Gasteiger partial charge in [-0.2, -0.15) is 0 Å². The Morgan fingerprint density at radius 2 is 2.00 bits per heavy atom. The van der Waals surface area contributed by atoms with Crippen LogP contribution >= 0.6 is 0 Å². The number of sulfone groups is 1. The van der Waals surface area contributed by atoms with Gasteiger partial charge in [0.15, 0.2) is 15.6 Å². The summed E-state index contributed by atoms with van der Waals surface area (Å²) in [6, 6.07) is 5.65. The van der Waals surface area contributed by atoms with E-state index < -0.39 is 9.84 Å². The van der Waals surface area contributed by atoms with Gasteiger partial charge in [0.2, 0.25) is 0 Å². The SMILES string of the molecule is Cc1ccc(C(=O)CN(C)C2CCS(=O)(=O)C2)cc1C. The fourth-order valence-corrected chi connectivity index (χ4v) is 4.29. The number of aryl methyl sites for hydroxylation is 2. The van der Waals surface area contributed by atoms with Crippen LogP contribution in [0.2, 0.25) is 0 Å². The lowest BCUT2D eigenvalue weighted by Crippen LogP contribution is -2.36. The van der Waals surface area contributed by atoms with Gasteiger partial charge in [0.05, 0.1) is 18.1 Å². The average molecular weight is 295 g/mol. The third kappa shape index (κ3) is 3.46. The van der Waals surface area contributed by atoms with Crippen LogP contribution in [0.1, 0.15) is 27.9 Å². The van der Waals surface area contributed by atoms with E-state index in [4.69, 9.17) is 0 Å². The van der Waals surface area contributed by atoms with Crippen molar-refractivity contribution in [1.29, 1.82) is 0 Å². The summed E-state index contributed by atoms with van der Waals surface area (Å²) in [5.41, 5.74) is 2.96. The Morgan fingerprint density at radius 1 is 1.30 bits per heavy atom. The normalized spacial score (nSPS) is 21.3. The lowest BCUT2D eigenvalue weighted by Gasteiger charge is -2.22. The number of ketones is 1. The van der Waals surface area contributed by atoms with Gasteiger partial charge in [0.25, 0.3) is 0 Å². The van der Waals surface area contributed by atoms with Crippen LogP contribution in [0, 0.1) is 13.8 Å². The molecule has 5 heteroatoms. The number of carbonyl (C=O) groups excluding carboxylic acids is 1. The van der Waals surface area contributed by atoms with E-state index in [1.807, 2.05) is 44.0 Å². The summed E-state index contributed by atoms with van der Waals surface area (Å²) < 4.78 is 22.9. The molecule has 1 fully saturated rings. The Hall–Kier alpha value is -1.20. The molecule has 0 radical (unpaired) electrons. The van der Waals surface area contributed by atoms with E-state index in [9.17, 15) is 13.2 Å². The van der Waals surface area contributed by atoms with E-state index in [0.29, 0.717) is 12.0 Å². The van der Waals surface area contributed by atoms with Crippen LogP contribution in [0.25, 0.3) is 0 Å². The third-order valence-corrected chi connectivity index (χ3v) is 5.80. The van der Waals surface area contributed by atoms with Crippen molar-refractivity contribution in [3.63, 3.8) is 0 Å². The van der Waals surface area contributed by atoms with Crippen LogP contribution in [0.5, 0.6) is 0 Å². The molecule has 1 unspecified atom stereocenters. The molecule has 0 bridgehead atoms. The minimum atomic E-state index is -2.91. The fraction of sp³-hybridized carbons (Fsp3) is 0.533. The Bertz CT molecular complexity index is 622. The molecule has 0 saturated carbocycles. The number of likely N-dealkylation sites (N-methyl/N-ethyl adjacent to an activating group) is 1. The van der Waals surface area contributed by atoms with E-state index in [0.717, 1.165) is 11.1 Å². The van der Waals surface area contributed by atoms with Gasteiger partial charge in [-0.05, 0) is 44.5 Å². The number of Topliss-reactive ketones (excluding diaryl/α,β-unsaturated/α-hetero) is 1. The van der Waals surface area contributed by atoms with E-state index in [1.165, 1.54) is 0 Å². The largest absolute Gasteiger partial charge is 0.295 e. The Kier molecular flexibility index (Phi) is 4.30. The second-order valence-corrected chi connectivity index (χ2v) is 7.92. The van der Waals surface area contributed by atoms with Crippen LogP contribution < -0.4 is 0 Å². The number of carbonyl (C=O) groups is 1. The van der Waals surface area contributed by atoms with Crippen molar-refractivity contribution >= 4 is 15.6 Å². The molecular weight excluding hydrogens is 274 g/mol. The summed E-state index contributed by atoms with van der Waals surface area (Å²) in [4.78, 5) is 14.1. The van der Waals surface area contributed by atoms with Crippen molar-refractivity contribution in [2.75, 3.05) is 25.1 Å². The zero-order valence-corrected chi connectivity index (χ0v) is 13.0. The van der Waals surface area contributed by atoms with Gasteiger partial charge in [-0.3, -0.25) is 9.69 Å². The van der Waals surface area contributed by atoms with E-state index >= 15 is 0 Å². The molecule has 110 valence electrons. The van der Waals surface area contributed by atoms with Gasteiger partial charge in [0.1, 0.15) is 0 Å². The van der Waals surface area contributed by atoms with Crippen molar-refractivity contribution in [2.45, 2.75) is 26.3 Å². The molecule has 1 saturated heterocycles. The first-order valence-corrected chi connectivity index (χ1v) is 8.62. The predicted octanol–water partition coefficient (Wildman–Crippen LogP) is 1.61. The van der Waals surface area contributed by atoms with Crippen molar-refractivity contribution in [3.8, 4) is 0 Å². The Morgan fingerprint density at radius 3 is 2.55 bits per heavy atom. The molecule has 1 aliphatic heterocycles. The maximum atomic E-state index is 12.2. The first-order valence-electron chi connectivity index (χ1n) is 6.79. The van der Waals surface area contributed by atoms with Gasteiger partial charge >= 0.3 is 0 Å². The molecule has 0 aliphatic carbocycles. The van der Waals surface area contributed by atoms with Crippen molar-refractivity contribution in [1.82, 2.24) is 4.90 Å². The zero-order chi connectivity index (χ0) is 14.9.